The molecule has 196 valence electrons. The van der Waals surface area contributed by atoms with Crippen molar-refractivity contribution in [3.05, 3.63) is 77.9 Å². The lowest BCUT2D eigenvalue weighted by Crippen LogP contribution is -2.38. The standard InChI is InChI=1S/C28H36O8/c1-19(30)23(33-18-20-10-12-22(32-4)13-11-20)14-15-24(34-27(31)21-8-6-5-7-9-21)26-25(16-17-29)35-28(2,3)36-26/h5-15,19,23-26,29-30H,16-18H2,1-4H3/t19-,23+,24?,25-,26+/m0/s1. The number of carbonyl (C=O) groups is 1. The molecule has 0 aromatic heterocycles. The largest absolute Gasteiger partial charge is 0.497 e. The molecule has 0 amide bonds. The molecule has 8 nitrogen and oxygen atoms in total. The van der Waals surface area contributed by atoms with E-state index in [2.05, 4.69) is 0 Å². The van der Waals surface area contributed by atoms with Gasteiger partial charge in [0.25, 0.3) is 0 Å². The van der Waals surface area contributed by atoms with E-state index in [0.29, 0.717) is 12.0 Å². The van der Waals surface area contributed by atoms with Gasteiger partial charge in [0.05, 0.1) is 31.5 Å². The SMILES string of the molecule is COc1ccc(CO[C@H](C=CC(OC(=O)c2ccccc2)[C@H]2OC(C)(C)O[C@H]2CCO)[C@H](C)O)cc1. The number of aliphatic hydroxyl groups excluding tert-OH is 2. The molecule has 1 aliphatic rings. The first kappa shape index (κ1) is 27.8. The van der Waals surface area contributed by atoms with Gasteiger partial charge in [-0.15, -0.1) is 0 Å². The minimum absolute atomic E-state index is 0.106. The molecule has 0 aliphatic carbocycles. The van der Waals surface area contributed by atoms with E-state index in [1.54, 1.807) is 64.3 Å². The molecule has 1 unspecified atom stereocenters. The summed E-state index contributed by atoms with van der Waals surface area (Å²) in [6.45, 7) is 5.33. The third kappa shape index (κ3) is 7.88. The zero-order chi connectivity index (χ0) is 26.1. The second-order valence-corrected chi connectivity index (χ2v) is 9.14. The molecule has 0 spiro atoms. The van der Waals surface area contributed by atoms with Crippen molar-refractivity contribution in [2.45, 2.75) is 70.1 Å². The van der Waals surface area contributed by atoms with E-state index in [1.807, 2.05) is 30.3 Å². The summed E-state index contributed by atoms with van der Waals surface area (Å²) in [6, 6.07) is 16.1. The molecule has 2 N–H and O–H groups in total. The number of aliphatic hydroxyl groups is 2. The fourth-order valence-corrected chi connectivity index (χ4v) is 3.96. The third-order valence-electron chi connectivity index (χ3n) is 5.78. The quantitative estimate of drug-likeness (QED) is 0.336. The Morgan fingerprint density at radius 3 is 2.39 bits per heavy atom. The Kier molecular flexibility index (Phi) is 10.0. The van der Waals surface area contributed by atoms with Crippen LogP contribution < -0.4 is 4.74 Å². The van der Waals surface area contributed by atoms with Gasteiger partial charge in [-0.05, 0) is 63.1 Å². The highest BCUT2D eigenvalue weighted by Gasteiger charge is 2.45. The van der Waals surface area contributed by atoms with Crippen LogP contribution in [0.2, 0.25) is 0 Å². The van der Waals surface area contributed by atoms with Crippen LogP contribution in [0, 0.1) is 0 Å². The first-order valence-electron chi connectivity index (χ1n) is 12.1. The normalized spacial score (nSPS) is 21.7. The van der Waals surface area contributed by atoms with Gasteiger partial charge in [0, 0.05) is 6.61 Å². The van der Waals surface area contributed by atoms with E-state index in [4.69, 9.17) is 23.7 Å². The lowest BCUT2D eigenvalue weighted by molar-refractivity contribution is -0.153. The van der Waals surface area contributed by atoms with Crippen LogP contribution in [0.4, 0.5) is 0 Å². The summed E-state index contributed by atoms with van der Waals surface area (Å²) in [4.78, 5) is 12.9. The Hall–Kier alpha value is -2.75. The van der Waals surface area contributed by atoms with Gasteiger partial charge >= 0.3 is 5.97 Å². The first-order chi connectivity index (χ1) is 17.2. The minimum atomic E-state index is -0.912. The molecule has 0 bridgehead atoms. The van der Waals surface area contributed by atoms with Crippen molar-refractivity contribution in [3.8, 4) is 5.75 Å². The highest BCUT2D eigenvalue weighted by molar-refractivity contribution is 5.89. The van der Waals surface area contributed by atoms with Crippen molar-refractivity contribution in [2.24, 2.45) is 0 Å². The topological polar surface area (TPSA) is 104 Å². The summed E-state index contributed by atoms with van der Waals surface area (Å²) in [5.74, 6) is -0.688. The van der Waals surface area contributed by atoms with Crippen LogP contribution in [0.15, 0.2) is 66.7 Å². The lowest BCUT2D eigenvalue weighted by Gasteiger charge is -2.25. The van der Waals surface area contributed by atoms with Gasteiger partial charge in [-0.1, -0.05) is 36.4 Å². The average Bonchev–Trinajstić information content (AvgIpc) is 3.17. The van der Waals surface area contributed by atoms with Gasteiger partial charge in [-0.25, -0.2) is 4.79 Å². The Labute approximate surface area is 212 Å². The van der Waals surface area contributed by atoms with Crippen molar-refractivity contribution in [2.75, 3.05) is 13.7 Å². The van der Waals surface area contributed by atoms with Crippen molar-refractivity contribution < 1.29 is 38.7 Å². The summed E-state index contributed by atoms with van der Waals surface area (Å²) < 4.78 is 29.0. The number of hydrogen-bond acceptors (Lipinski definition) is 8. The minimum Gasteiger partial charge on any atom is -0.497 e. The van der Waals surface area contributed by atoms with Crippen molar-refractivity contribution in [1.82, 2.24) is 0 Å². The first-order valence-corrected chi connectivity index (χ1v) is 12.1. The maximum atomic E-state index is 12.9. The molecule has 1 fully saturated rings. The van der Waals surface area contributed by atoms with Gasteiger partial charge in [0.1, 0.15) is 24.1 Å². The van der Waals surface area contributed by atoms with E-state index in [1.165, 1.54) is 0 Å². The molecule has 36 heavy (non-hydrogen) atoms. The number of ether oxygens (including phenoxy) is 5. The Morgan fingerprint density at radius 1 is 1.08 bits per heavy atom. The Morgan fingerprint density at radius 2 is 1.78 bits per heavy atom. The van der Waals surface area contributed by atoms with Crippen LogP contribution in [0.1, 0.15) is 43.1 Å². The molecule has 1 saturated heterocycles. The molecule has 1 aliphatic heterocycles. The molecule has 1 heterocycles. The van der Waals surface area contributed by atoms with E-state index >= 15 is 0 Å². The van der Waals surface area contributed by atoms with Gasteiger partial charge in [0.15, 0.2) is 5.79 Å². The second kappa shape index (κ2) is 13.0. The number of hydrogen-bond donors (Lipinski definition) is 2. The summed E-state index contributed by atoms with van der Waals surface area (Å²) in [5, 5.41) is 19.9. The summed E-state index contributed by atoms with van der Waals surface area (Å²) in [5.41, 5.74) is 1.31. The number of esters is 1. The van der Waals surface area contributed by atoms with Gasteiger partial charge in [-0.2, -0.15) is 0 Å². The molecule has 0 saturated carbocycles. The third-order valence-corrected chi connectivity index (χ3v) is 5.78. The van der Waals surface area contributed by atoms with Crippen LogP contribution in [0.5, 0.6) is 5.75 Å². The number of rotatable bonds is 12. The summed E-state index contributed by atoms with van der Waals surface area (Å²) >= 11 is 0. The highest BCUT2D eigenvalue weighted by atomic mass is 16.8. The van der Waals surface area contributed by atoms with Crippen molar-refractivity contribution in [1.29, 1.82) is 0 Å². The maximum absolute atomic E-state index is 12.9. The van der Waals surface area contributed by atoms with Gasteiger partial charge in [-0.3, -0.25) is 0 Å². The van der Waals surface area contributed by atoms with Gasteiger partial charge in [0.2, 0.25) is 0 Å². The molecule has 0 radical (unpaired) electrons. The fourth-order valence-electron chi connectivity index (χ4n) is 3.96. The molecule has 5 atom stereocenters. The molecular weight excluding hydrogens is 464 g/mol. The molecule has 2 aromatic rings. The van der Waals surface area contributed by atoms with E-state index in [-0.39, 0.29) is 13.2 Å². The van der Waals surface area contributed by atoms with E-state index in [9.17, 15) is 15.0 Å². The van der Waals surface area contributed by atoms with Crippen LogP contribution in [-0.4, -0.2) is 66.2 Å². The second-order valence-electron chi connectivity index (χ2n) is 9.14. The molecule has 2 aromatic carbocycles. The lowest BCUT2D eigenvalue weighted by atomic mass is 10.0. The molecule has 3 rings (SSSR count). The predicted octanol–water partition coefficient (Wildman–Crippen LogP) is 3.65. The zero-order valence-corrected chi connectivity index (χ0v) is 21.2. The number of carbonyl (C=O) groups excluding carboxylic acids is 1. The van der Waals surface area contributed by atoms with Crippen LogP contribution in [-0.2, 0) is 25.6 Å². The van der Waals surface area contributed by atoms with Crippen LogP contribution in [0.25, 0.3) is 0 Å². The average molecular weight is 501 g/mol. The fraction of sp³-hybridized carbons (Fsp3) is 0.464. The van der Waals surface area contributed by atoms with Crippen molar-refractivity contribution in [3.63, 3.8) is 0 Å². The molecular formula is C28H36O8. The van der Waals surface area contributed by atoms with E-state index < -0.39 is 42.3 Å². The highest BCUT2D eigenvalue weighted by Crippen LogP contribution is 2.33. The smallest absolute Gasteiger partial charge is 0.338 e. The Bertz CT molecular complexity index is 971. The van der Waals surface area contributed by atoms with Gasteiger partial charge < -0.3 is 33.9 Å². The molecule has 8 heteroatoms. The predicted molar refractivity (Wildman–Crippen MR) is 134 cm³/mol. The monoisotopic (exact) mass is 500 g/mol. The van der Waals surface area contributed by atoms with Crippen molar-refractivity contribution >= 4 is 5.97 Å². The summed E-state index contributed by atoms with van der Waals surface area (Å²) in [6.07, 6.45) is 0.151. The number of benzene rings is 2. The number of methoxy groups -OCH3 is 1. The summed E-state index contributed by atoms with van der Waals surface area (Å²) in [7, 11) is 1.60. The van der Waals surface area contributed by atoms with Crippen LogP contribution in [0.3, 0.4) is 0 Å². The Balaban J connectivity index is 1.79. The maximum Gasteiger partial charge on any atom is 0.338 e. The van der Waals surface area contributed by atoms with Crippen LogP contribution >= 0.6 is 0 Å². The zero-order valence-electron chi connectivity index (χ0n) is 21.2. The van der Waals surface area contributed by atoms with E-state index in [0.717, 1.165) is 11.3 Å².